The molecule has 0 bridgehead atoms. The van der Waals surface area contributed by atoms with Gasteiger partial charge in [0.2, 0.25) is 5.91 Å². The molecule has 1 aromatic carbocycles. The minimum atomic E-state index is -0.393. The van der Waals surface area contributed by atoms with Crippen LogP contribution in [0.4, 0.5) is 5.69 Å². The molecule has 1 aromatic rings. The lowest BCUT2D eigenvalue weighted by Gasteiger charge is -2.18. The number of aryl methyl sites for hydroxylation is 1. The summed E-state index contributed by atoms with van der Waals surface area (Å²) in [5, 5.41) is 2.90. The highest BCUT2D eigenvalue weighted by Gasteiger charge is 2.21. The lowest BCUT2D eigenvalue weighted by molar-refractivity contribution is -0.123. The summed E-state index contributed by atoms with van der Waals surface area (Å²) in [6.07, 6.45) is 0. The smallest absolute Gasteiger partial charge is 0.229 e. The molecule has 0 spiro atoms. The van der Waals surface area contributed by atoms with E-state index < -0.39 is 5.41 Å². The number of carbonyl (C=O) groups excluding carboxylic acids is 1. The zero-order valence-electron chi connectivity index (χ0n) is 11.3. The Kier molecular flexibility index (Phi) is 4.16. The summed E-state index contributed by atoms with van der Waals surface area (Å²) in [6, 6.07) is 5.74. The van der Waals surface area contributed by atoms with Crippen LogP contribution in [-0.2, 0) is 4.79 Å². The van der Waals surface area contributed by atoms with Crippen molar-refractivity contribution < 1.29 is 9.53 Å². The van der Waals surface area contributed by atoms with Crippen LogP contribution >= 0.6 is 0 Å². The first-order valence-corrected chi connectivity index (χ1v) is 5.89. The summed E-state index contributed by atoms with van der Waals surface area (Å²) in [4.78, 5) is 11.9. The molecule has 0 atom stereocenters. The Morgan fingerprint density at radius 1 is 1.29 bits per heavy atom. The van der Waals surface area contributed by atoms with Crippen LogP contribution in [0, 0.1) is 12.3 Å². The van der Waals surface area contributed by atoms with Crippen molar-refractivity contribution in [2.24, 2.45) is 5.41 Å². The highest BCUT2D eigenvalue weighted by Crippen LogP contribution is 2.23. The van der Waals surface area contributed by atoms with E-state index in [0.29, 0.717) is 6.61 Å². The Morgan fingerprint density at radius 3 is 2.47 bits per heavy atom. The highest BCUT2D eigenvalue weighted by molar-refractivity contribution is 5.94. The van der Waals surface area contributed by atoms with E-state index >= 15 is 0 Å². The summed E-state index contributed by atoms with van der Waals surface area (Å²) >= 11 is 0. The number of benzene rings is 1. The molecule has 0 aliphatic heterocycles. The first-order valence-electron chi connectivity index (χ1n) is 5.89. The van der Waals surface area contributed by atoms with E-state index in [0.717, 1.165) is 17.0 Å². The van der Waals surface area contributed by atoms with Gasteiger partial charge in [0.25, 0.3) is 0 Å². The molecule has 0 aliphatic rings. The topological polar surface area (TPSA) is 38.3 Å². The van der Waals surface area contributed by atoms with Gasteiger partial charge in [-0.3, -0.25) is 4.79 Å². The van der Waals surface area contributed by atoms with Gasteiger partial charge in [0.15, 0.2) is 0 Å². The number of hydrogen-bond donors (Lipinski definition) is 1. The molecule has 0 saturated heterocycles. The zero-order chi connectivity index (χ0) is 13.1. The normalized spacial score (nSPS) is 11.1. The van der Waals surface area contributed by atoms with E-state index in [1.807, 2.05) is 52.8 Å². The number of hydrogen-bond acceptors (Lipinski definition) is 2. The number of anilines is 1. The Balaban J connectivity index is 2.88. The molecule has 3 heteroatoms. The maximum Gasteiger partial charge on any atom is 0.229 e. The highest BCUT2D eigenvalue weighted by atomic mass is 16.5. The summed E-state index contributed by atoms with van der Waals surface area (Å²) < 4.78 is 5.44. The maximum atomic E-state index is 11.9. The fourth-order valence-electron chi connectivity index (χ4n) is 1.39. The summed E-state index contributed by atoms with van der Waals surface area (Å²) in [5.41, 5.74) is 1.46. The minimum absolute atomic E-state index is 0.00514. The average molecular weight is 235 g/mol. The molecular weight excluding hydrogens is 214 g/mol. The van der Waals surface area contributed by atoms with Crippen LogP contribution in [0.2, 0.25) is 0 Å². The molecular formula is C14H21NO2. The minimum Gasteiger partial charge on any atom is -0.494 e. The van der Waals surface area contributed by atoms with Gasteiger partial charge < -0.3 is 10.1 Å². The standard InChI is InChI=1S/C14H21NO2/c1-6-17-12-8-10(2)7-11(9-12)15-13(16)14(3,4)5/h7-9H,6H2,1-5H3,(H,15,16). The number of rotatable bonds is 3. The van der Waals surface area contributed by atoms with E-state index in [1.54, 1.807) is 0 Å². The predicted octanol–water partition coefficient (Wildman–Crippen LogP) is 3.38. The second-order valence-electron chi connectivity index (χ2n) is 5.17. The molecule has 0 saturated carbocycles. The number of ether oxygens (including phenoxy) is 1. The van der Waals surface area contributed by atoms with Gasteiger partial charge >= 0.3 is 0 Å². The van der Waals surface area contributed by atoms with E-state index in [-0.39, 0.29) is 5.91 Å². The monoisotopic (exact) mass is 235 g/mol. The Labute approximate surface area is 103 Å². The second kappa shape index (κ2) is 5.21. The third-order valence-corrected chi connectivity index (χ3v) is 2.30. The van der Waals surface area contributed by atoms with Gasteiger partial charge in [0.1, 0.15) is 5.75 Å². The van der Waals surface area contributed by atoms with Crippen LogP contribution in [0.25, 0.3) is 0 Å². The second-order valence-corrected chi connectivity index (χ2v) is 5.17. The van der Waals surface area contributed by atoms with Crippen molar-refractivity contribution in [2.45, 2.75) is 34.6 Å². The van der Waals surface area contributed by atoms with E-state index in [2.05, 4.69) is 5.32 Å². The molecule has 0 radical (unpaired) electrons. The van der Waals surface area contributed by atoms with E-state index in [4.69, 9.17) is 4.74 Å². The molecule has 0 fully saturated rings. The van der Waals surface area contributed by atoms with Crippen molar-refractivity contribution in [3.8, 4) is 5.75 Å². The lowest BCUT2D eigenvalue weighted by atomic mass is 9.95. The number of nitrogens with one attached hydrogen (secondary N) is 1. The zero-order valence-corrected chi connectivity index (χ0v) is 11.3. The van der Waals surface area contributed by atoms with Crippen molar-refractivity contribution in [1.29, 1.82) is 0 Å². The van der Waals surface area contributed by atoms with E-state index in [1.165, 1.54) is 0 Å². The Morgan fingerprint density at radius 2 is 1.94 bits per heavy atom. The van der Waals surface area contributed by atoms with Crippen molar-refractivity contribution in [1.82, 2.24) is 0 Å². The van der Waals surface area contributed by atoms with Gasteiger partial charge in [-0.1, -0.05) is 20.8 Å². The molecule has 94 valence electrons. The van der Waals surface area contributed by atoms with Crippen molar-refractivity contribution in [3.05, 3.63) is 23.8 Å². The quantitative estimate of drug-likeness (QED) is 0.872. The van der Waals surface area contributed by atoms with Crippen LogP contribution in [-0.4, -0.2) is 12.5 Å². The third-order valence-electron chi connectivity index (χ3n) is 2.30. The van der Waals surface area contributed by atoms with Crippen LogP contribution < -0.4 is 10.1 Å². The van der Waals surface area contributed by atoms with Gasteiger partial charge in [0, 0.05) is 17.2 Å². The molecule has 0 heterocycles. The van der Waals surface area contributed by atoms with Gasteiger partial charge in [-0.25, -0.2) is 0 Å². The molecule has 0 aromatic heterocycles. The van der Waals surface area contributed by atoms with Gasteiger partial charge in [-0.2, -0.15) is 0 Å². The van der Waals surface area contributed by atoms with Gasteiger partial charge in [-0.15, -0.1) is 0 Å². The fourth-order valence-corrected chi connectivity index (χ4v) is 1.39. The SMILES string of the molecule is CCOc1cc(C)cc(NC(=O)C(C)(C)C)c1. The van der Waals surface area contributed by atoms with Crippen molar-refractivity contribution >= 4 is 11.6 Å². The summed E-state index contributed by atoms with van der Waals surface area (Å²) in [5.74, 6) is 0.794. The third kappa shape index (κ3) is 4.10. The van der Waals surface area contributed by atoms with Crippen molar-refractivity contribution in [2.75, 3.05) is 11.9 Å². The first kappa shape index (κ1) is 13.6. The molecule has 0 unspecified atom stereocenters. The molecule has 1 amide bonds. The largest absolute Gasteiger partial charge is 0.494 e. The van der Waals surface area contributed by atoms with Gasteiger partial charge in [-0.05, 0) is 31.5 Å². The number of amides is 1. The Hall–Kier alpha value is -1.51. The molecule has 3 nitrogen and oxygen atoms in total. The van der Waals surface area contributed by atoms with Crippen LogP contribution in [0.5, 0.6) is 5.75 Å². The summed E-state index contributed by atoms with van der Waals surface area (Å²) in [7, 11) is 0. The average Bonchev–Trinajstić information content (AvgIpc) is 2.15. The van der Waals surface area contributed by atoms with Crippen LogP contribution in [0.3, 0.4) is 0 Å². The molecule has 17 heavy (non-hydrogen) atoms. The molecule has 0 aliphatic carbocycles. The predicted molar refractivity (Wildman–Crippen MR) is 70.4 cm³/mol. The first-order chi connectivity index (χ1) is 7.82. The van der Waals surface area contributed by atoms with Crippen molar-refractivity contribution in [3.63, 3.8) is 0 Å². The van der Waals surface area contributed by atoms with Crippen LogP contribution in [0.15, 0.2) is 18.2 Å². The molecule has 1 rings (SSSR count). The fraction of sp³-hybridized carbons (Fsp3) is 0.500. The molecule has 1 N–H and O–H groups in total. The van der Waals surface area contributed by atoms with Crippen LogP contribution in [0.1, 0.15) is 33.3 Å². The Bertz CT molecular complexity index is 405. The summed E-state index contributed by atoms with van der Waals surface area (Å²) in [6.45, 7) is 10.2. The van der Waals surface area contributed by atoms with E-state index in [9.17, 15) is 4.79 Å². The number of carbonyl (C=O) groups is 1. The lowest BCUT2D eigenvalue weighted by Crippen LogP contribution is -2.27. The van der Waals surface area contributed by atoms with Gasteiger partial charge in [0.05, 0.1) is 6.61 Å². The maximum absolute atomic E-state index is 11.9.